The van der Waals surface area contributed by atoms with E-state index in [1.165, 1.54) is 16.6 Å². The number of nitrogens with zero attached hydrogens (tertiary/aromatic N) is 2. The molecule has 2 aromatic carbocycles. The van der Waals surface area contributed by atoms with E-state index in [-0.39, 0.29) is 5.69 Å². The highest BCUT2D eigenvalue weighted by Crippen LogP contribution is 2.25. The van der Waals surface area contributed by atoms with Gasteiger partial charge in [0.05, 0.1) is 5.69 Å². The van der Waals surface area contributed by atoms with Crippen LogP contribution in [-0.4, -0.2) is 15.5 Å². The maximum absolute atomic E-state index is 11.4. The maximum atomic E-state index is 11.4. The molecule has 0 saturated heterocycles. The van der Waals surface area contributed by atoms with Crippen LogP contribution in [0.2, 0.25) is 0 Å². The van der Waals surface area contributed by atoms with Crippen LogP contribution in [0.5, 0.6) is 0 Å². The number of fused-ring (bicyclic) bond motifs is 1. The molecule has 4 aromatic rings. The molecule has 26 heavy (non-hydrogen) atoms. The molecule has 2 N–H and O–H groups in total. The second-order valence-electron chi connectivity index (χ2n) is 6.48. The van der Waals surface area contributed by atoms with Gasteiger partial charge in [-0.15, -0.1) is 0 Å². The Morgan fingerprint density at radius 1 is 1.04 bits per heavy atom. The van der Waals surface area contributed by atoms with Crippen LogP contribution in [0.1, 0.15) is 21.6 Å². The fourth-order valence-electron chi connectivity index (χ4n) is 3.12. The zero-order valence-electron chi connectivity index (χ0n) is 14.5. The van der Waals surface area contributed by atoms with E-state index < -0.39 is 5.91 Å². The summed E-state index contributed by atoms with van der Waals surface area (Å²) in [6.07, 6.45) is 2.10. The SMILES string of the molecule is Cc1ccc(Cn2ccc3cc(-c4cccc(C(N)=O)n4)ccc32)cc1. The van der Waals surface area contributed by atoms with Gasteiger partial charge in [0.2, 0.25) is 0 Å². The van der Waals surface area contributed by atoms with Gasteiger partial charge in [-0.05, 0) is 42.8 Å². The van der Waals surface area contributed by atoms with Gasteiger partial charge in [-0.1, -0.05) is 42.0 Å². The van der Waals surface area contributed by atoms with Gasteiger partial charge in [0.15, 0.2) is 0 Å². The summed E-state index contributed by atoms with van der Waals surface area (Å²) in [6, 6.07) is 22.2. The van der Waals surface area contributed by atoms with Crippen molar-refractivity contribution >= 4 is 16.8 Å². The molecule has 1 amide bonds. The topological polar surface area (TPSA) is 60.9 Å². The van der Waals surface area contributed by atoms with E-state index in [0.717, 1.165) is 23.2 Å². The van der Waals surface area contributed by atoms with Gasteiger partial charge in [0, 0.05) is 29.2 Å². The third kappa shape index (κ3) is 3.09. The summed E-state index contributed by atoms with van der Waals surface area (Å²) in [6.45, 7) is 2.93. The number of hydrogen-bond acceptors (Lipinski definition) is 2. The number of hydrogen-bond donors (Lipinski definition) is 1. The number of carbonyl (C=O) groups is 1. The molecule has 0 spiro atoms. The molecule has 0 aliphatic carbocycles. The minimum atomic E-state index is -0.517. The minimum Gasteiger partial charge on any atom is -0.364 e. The first-order chi connectivity index (χ1) is 12.6. The molecule has 4 rings (SSSR count). The second kappa shape index (κ2) is 6.48. The van der Waals surface area contributed by atoms with Crippen molar-refractivity contribution in [3.05, 3.63) is 89.7 Å². The Bertz CT molecular complexity index is 1090. The summed E-state index contributed by atoms with van der Waals surface area (Å²) in [5, 5.41) is 1.14. The molecular weight excluding hydrogens is 322 g/mol. The number of aromatic nitrogens is 2. The Morgan fingerprint density at radius 2 is 1.85 bits per heavy atom. The van der Waals surface area contributed by atoms with Crippen molar-refractivity contribution in [2.75, 3.05) is 0 Å². The van der Waals surface area contributed by atoms with Gasteiger partial charge in [0.1, 0.15) is 5.69 Å². The number of pyridine rings is 1. The first-order valence-electron chi connectivity index (χ1n) is 8.52. The molecule has 4 heteroatoms. The van der Waals surface area contributed by atoms with E-state index in [4.69, 9.17) is 5.73 Å². The minimum absolute atomic E-state index is 0.277. The largest absolute Gasteiger partial charge is 0.364 e. The molecule has 4 nitrogen and oxygen atoms in total. The van der Waals surface area contributed by atoms with E-state index >= 15 is 0 Å². The number of primary amides is 1. The van der Waals surface area contributed by atoms with E-state index in [0.29, 0.717) is 0 Å². The van der Waals surface area contributed by atoms with Crippen molar-refractivity contribution in [2.45, 2.75) is 13.5 Å². The summed E-state index contributed by atoms with van der Waals surface area (Å²) >= 11 is 0. The van der Waals surface area contributed by atoms with Gasteiger partial charge in [-0.25, -0.2) is 4.98 Å². The van der Waals surface area contributed by atoms with Crippen LogP contribution in [0.15, 0.2) is 72.9 Å². The third-order valence-electron chi connectivity index (χ3n) is 4.54. The van der Waals surface area contributed by atoms with Crippen LogP contribution >= 0.6 is 0 Å². The molecule has 0 fully saturated rings. The summed E-state index contributed by atoms with van der Waals surface area (Å²) in [5.74, 6) is -0.517. The number of rotatable bonds is 4. The average molecular weight is 341 g/mol. The number of aryl methyl sites for hydroxylation is 1. The van der Waals surface area contributed by atoms with Crippen LogP contribution in [0.3, 0.4) is 0 Å². The van der Waals surface area contributed by atoms with E-state index in [9.17, 15) is 4.79 Å². The zero-order chi connectivity index (χ0) is 18.1. The van der Waals surface area contributed by atoms with E-state index in [2.05, 4.69) is 65.1 Å². The van der Waals surface area contributed by atoms with Crippen molar-refractivity contribution < 1.29 is 4.79 Å². The lowest BCUT2D eigenvalue weighted by Crippen LogP contribution is -2.12. The molecular formula is C22H19N3O. The predicted molar refractivity (Wildman–Crippen MR) is 104 cm³/mol. The lowest BCUT2D eigenvalue weighted by atomic mass is 10.1. The number of carbonyl (C=O) groups excluding carboxylic acids is 1. The molecule has 0 atom stereocenters. The van der Waals surface area contributed by atoms with Gasteiger partial charge < -0.3 is 10.3 Å². The zero-order valence-corrected chi connectivity index (χ0v) is 14.5. The highest BCUT2D eigenvalue weighted by molar-refractivity contribution is 5.91. The van der Waals surface area contributed by atoms with Crippen molar-refractivity contribution in [1.82, 2.24) is 9.55 Å². The smallest absolute Gasteiger partial charge is 0.267 e. The first-order valence-corrected chi connectivity index (χ1v) is 8.52. The molecule has 2 aromatic heterocycles. The molecule has 0 aliphatic rings. The lowest BCUT2D eigenvalue weighted by Gasteiger charge is -2.07. The van der Waals surface area contributed by atoms with Crippen molar-refractivity contribution in [3.8, 4) is 11.3 Å². The molecule has 0 aliphatic heterocycles. The molecule has 0 saturated carbocycles. The molecule has 128 valence electrons. The Kier molecular flexibility index (Phi) is 4.01. The van der Waals surface area contributed by atoms with Crippen LogP contribution in [0.25, 0.3) is 22.2 Å². The molecule has 0 radical (unpaired) electrons. The summed E-state index contributed by atoms with van der Waals surface area (Å²) in [7, 11) is 0. The highest BCUT2D eigenvalue weighted by Gasteiger charge is 2.08. The van der Waals surface area contributed by atoms with Crippen molar-refractivity contribution in [2.24, 2.45) is 5.73 Å². The normalized spacial score (nSPS) is 11.0. The maximum Gasteiger partial charge on any atom is 0.267 e. The van der Waals surface area contributed by atoms with Gasteiger partial charge in [-0.3, -0.25) is 4.79 Å². The Balaban J connectivity index is 1.68. The summed E-state index contributed by atoms with van der Waals surface area (Å²) < 4.78 is 2.23. The predicted octanol–water partition coefficient (Wildman–Crippen LogP) is 4.16. The van der Waals surface area contributed by atoms with E-state index in [1.807, 2.05) is 12.1 Å². The standard InChI is InChI=1S/C22H19N3O/c1-15-5-7-16(8-6-15)14-25-12-11-18-13-17(9-10-21(18)25)19-3-2-4-20(24-19)22(23)26/h2-13H,14H2,1H3,(H2,23,26). The lowest BCUT2D eigenvalue weighted by molar-refractivity contribution is 0.0995. The monoisotopic (exact) mass is 341 g/mol. The summed E-state index contributed by atoms with van der Waals surface area (Å²) in [5.41, 5.74) is 11.0. The van der Waals surface area contributed by atoms with Crippen LogP contribution in [-0.2, 0) is 6.54 Å². The van der Waals surface area contributed by atoms with Gasteiger partial charge in [-0.2, -0.15) is 0 Å². The van der Waals surface area contributed by atoms with E-state index in [1.54, 1.807) is 12.1 Å². The van der Waals surface area contributed by atoms with Crippen molar-refractivity contribution in [3.63, 3.8) is 0 Å². The van der Waals surface area contributed by atoms with Crippen LogP contribution in [0.4, 0.5) is 0 Å². The van der Waals surface area contributed by atoms with Crippen LogP contribution < -0.4 is 5.73 Å². The molecule has 2 heterocycles. The second-order valence-corrected chi connectivity index (χ2v) is 6.48. The van der Waals surface area contributed by atoms with Gasteiger partial charge in [0.25, 0.3) is 5.91 Å². The molecule has 0 bridgehead atoms. The number of nitrogens with two attached hydrogens (primary N) is 1. The Labute approximate surface area is 151 Å². The quantitative estimate of drug-likeness (QED) is 0.606. The summed E-state index contributed by atoms with van der Waals surface area (Å²) in [4.78, 5) is 15.7. The average Bonchev–Trinajstić information content (AvgIpc) is 3.06. The Hall–Kier alpha value is -3.40. The van der Waals surface area contributed by atoms with Gasteiger partial charge >= 0.3 is 0 Å². The third-order valence-corrected chi connectivity index (χ3v) is 4.54. The Morgan fingerprint density at radius 3 is 2.62 bits per heavy atom. The number of benzene rings is 2. The molecule has 0 unspecified atom stereocenters. The number of amides is 1. The highest BCUT2D eigenvalue weighted by atomic mass is 16.1. The fourth-order valence-corrected chi connectivity index (χ4v) is 3.12. The van der Waals surface area contributed by atoms with Crippen molar-refractivity contribution in [1.29, 1.82) is 0 Å². The first kappa shape index (κ1) is 16.1. The fraction of sp³-hybridized carbons (Fsp3) is 0.0909. The van der Waals surface area contributed by atoms with Crippen LogP contribution in [0, 0.1) is 6.92 Å².